The van der Waals surface area contributed by atoms with Crippen LogP contribution in [0.5, 0.6) is 0 Å². The third kappa shape index (κ3) is 3.38. The maximum Gasteiger partial charge on any atom is 0.351 e. The van der Waals surface area contributed by atoms with Gasteiger partial charge in [-0.1, -0.05) is 0 Å². The molecule has 4 N–H and O–H groups in total. The molecular formula is C14H21N3O6. The first-order chi connectivity index (χ1) is 11.1. The summed E-state index contributed by atoms with van der Waals surface area (Å²) in [7, 11) is 0. The van der Waals surface area contributed by atoms with E-state index in [4.69, 9.17) is 14.6 Å². The molecule has 0 spiro atoms. The lowest BCUT2D eigenvalue weighted by atomic mass is 10.1. The van der Waals surface area contributed by atoms with E-state index in [0.717, 1.165) is 24.0 Å². The molecule has 9 nitrogen and oxygen atoms in total. The second-order valence-corrected chi connectivity index (χ2v) is 5.75. The van der Waals surface area contributed by atoms with Crippen molar-refractivity contribution >= 4 is 5.82 Å². The van der Waals surface area contributed by atoms with Crippen molar-refractivity contribution in [1.29, 1.82) is 0 Å². The molecule has 5 atom stereocenters. The molecule has 1 aromatic heterocycles. The van der Waals surface area contributed by atoms with E-state index < -0.39 is 36.8 Å². The molecule has 3 heterocycles. The van der Waals surface area contributed by atoms with Crippen LogP contribution in [0.15, 0.2) is 17.1 Å². The zero-order valence-corrected chi connectivity index (χ0v) is 12.5. The van der Waals surface area contributed by atoms with Crippen LogP contribution in [-0.4, -0.2) is 69.0 Å². The van der Waals surface area contributed by atoms with E-state index >= 15 is 0 Å². The van der Waals surface area contributed by atoms with Gasteiger partial charge in [-0.05, 0) is 18.9 Å². The number of aliphatic hydroxyl groups is 3. The fraction of sp³-hybridized carbons (Fsp3) is 0.714. The van der Waals surface area contributed by atoms with Crippen molar-refractivity contribution in [3.63, 3.8) is 0 Å². The van der Waals surface area contributed by atoms with E-state index in [1.165, 1.54) is 6.20 Å². The zero-order valence-electron chi connectivity index (χ0n) is 12.5. The van der Waals surface area contributed by atoms with Crippen molar-refractivity contribution in [3.05, 3.63) is 22.7 Å². The molecule has 1 aromatic rings. The highest BCUT2D eigenvalue weighted by Crippen LogP contribution is 2.28. The second kappa shape index (κ2) is 6.93. The van der Waals surface area contributed by atoms with Crippen LogP contribution in [0, 0.1) is 0 Å². The summed E-state index contributed by atoms with van der Waals surface area (Å²) >= 11 is 0. The highest BCUT2D eigenvalue weighted by Gasteiger charge is 2.43. The highest BCUT2D eigenvalue weighted by atomic mass is 16.6. The molecule has 23 heavy (non-hydrogen) atoms. The van der Waals surface area contributed by atoms with Gasteiger partial charge in [-0.3, -0.25) is 4.57 Å². The quantitative estimate of drug-likeness (QED) is 0.512. The molecule has 0 bridgehead atoms. The monoisotopic (exact) mass is 327 g/mol. The molecule has 2 saturated heterocycles. The first-order valence-electron chi connectivity index (χ1n) is 7.67. The van der Waals surface area contributed by atoms with Gasteiger partial charge in [0.05, 0.1) is 12.7 Å². The number of aromatic nitrogens is 2. The topological polar surface area (TPSA) is 126 Å². The Hall–Kier alpha value is -1.52. The van der Waals surface area contributed by atoms with Crippen LogP contribution in [-0.2, 0) is 9.47 Å². The lowest BCUT2D eigenvalue weighted by Crippen LogP contribution is -2.36. The van der Waals surface area contributed by atoms with Crippen LogP contribution < -0.4 is 11.0 Å². The fourth-order valence-corrected chi connectivity index (χ4v) is 2.84. The maximum atomic E-state index is 12.1. The molecule has 0 radical (unpaired) electrons. The number of hydrogen-bond donors (Lipinski definition) is 4. The van der Waals surface area contributed by atoms with Crippen molar-refractivity contribution in [3.8, 4) is 0 Å². The van der Waals surface area contributed by atoms with Crippen molar-refractivity contribution in [2.75, 3.05) is 25.1 Å². The number of nitrogens with zero attached hydrogens (tertiary/aromatic N) is 2. The summed E-state index contributed by atoms with van der Waals surface area (Å²) < 4.78 is 11.9. The van der Waals surface area contributed by atoms with Crippen LogP contribution in [0.4, 0.5) is 5.82 Å². The Morgan fingerprint density at radius 1 is 1.39 bits per heavy atom. The van der Waals surface area contributed by atoms with Gasteiger partial charge >= 0.3 is 5.69 Å². The Bertz CT molecular complexity index is 588. The van der Waals surface area contributed by atoms with E-state index in [1.807, 2.05) is 0 Å². The molecule has 128 valence electrons. The van der Waals surface area contributed by atoms with Gasteiger partial charge in [0.25, 0.3) is 0 Å². The summed E-state index contributed by atoms with van der Waals surface area (Å²) in [5.41, 5.74) is -0.614. The number of rotatable bonds is 5. The van der Waals surface area contributed by atoms with Gasteiger partial charge < -0.3 is 30.1 Å². The van der Waals surface area contributed by atoms with Crippen LogP contribution in [0.2, 0.25) is 0 Å². The molecule has 2 fully saturated rings. The minimum absolute atomic E-state index is 0.125. The summed E-state index contributed by atoms with van der Waals surface area (Å²) in [5.74, 6) is 0.411. The van der Waals surface area contributed by atoms with Crippen molar-refractivity contribution in [1.82, 2.24) is 9.55 Å². The summed E-state index contributed by atoms with van der Waals surface area (Å²) in [4.78, 5) is 16.0. The lowest BCUT2D eigenvalue weighted by molar-refractivity contribution is -0.0549. The Labute approximate surface area is 132 Å². The van der Waals surface area contributed by atoms with E-state index in [9.17, 15) is 15.0 Å². The Morgan fingerprint density at radius 3 is 2.83 bits per heavy atom. The molecular weight excluding hydrogens is 306 g/mol. The highest BCUT2D eigenvalue weighted by molar-refractivity contribution is 5.32. The summed E-state index contributed by atoms with van der Waals surface area (Å²) in [5, 5.41) is 31.8. The standard InChI is InChI=1S/C14H21N3O6/c18-7-9-11(19)12(20)13(23-9)17-4-3-10(16-14(17)21)15-6-8-2-1-5-22-8/h3-4,8-9,11-13,18-20H,1-2,5-7H2,(H,15,16,21)/t8-,9+,11-,12-,13-/m1/s1. The van der Waals surface area contributed by atoms with Crippen LogP contribution in [0.25, 0.3) is 0 Å². The predicted molar refractivity (Wildman–Crippen MR) is 79.0 cm³/mol. The second-order valence-electron chi connectivity index (χ2n) is 5.75. The molecule has 0 unspecified atom stereocenters. The van der Waals surface area contributed by atoms with Crippen LogP contribution in [0.1, 0.15) is 19.1 Å². The minimum Gasteiger partial charge on any atom is -0.394 e. The number of ether oxygens (including phenoxy) is 2. The Balaban J connectivity index is 1.68. The van der Waals surface area contributed by atoms with Gasteiger partial charge in [0.1, 0.15) is 24.1 Å². The molecule has 3 rings (SSSR count). The van der Waals surface area contributed by atoms with Gasteiger partial charge in [-0.2, -0.15) is 4.98 Å². The van der Waals surface area contributed by atoms with E-state index in [-0.39, 0.29) is 6.10 Å². The number of hydrogen-bond acceptors (Lipinski definition) is 8. The molecule has 0 amide bonds. The summed E-state index contributed by atoms with van der Waals surface area (Å²) in [6, 6.07) is 1.59. The normalized spacial score (nSPS) is 34.0. The number of aliphatic hydroxyl groups excluding tert-OH is 3. The average molecular weight is 327 g/mol. The zero-order chi connectivity index (χ0) is 16.4. The van der Waals surface area contributed by atoms with Crippen molar-refractivity contribution in [2.24, 2.45) is 0 Å². The van der Waals surface area contributed by atoms with E-state index in [0.29, 0.717) is 12.4 Å². The van der Waals surface area contributed by atoms with Gasteiger partial charge in [0.15, 0.2) is 6.23 Å². The molecule has 2 aliphatic heterocycles. The Morgan fingerprint density at radius 2 is 2.22 bits per heavy atom. The SMILES string of the molecule is O=c1nc(NC[C@H]2CCCO2)ccn1[C@@H]1O[C@@H](CO)[C@@H](O)[C@H]1O. The lowest BCUT2D eigenvalue weighted by Gasteiger charge is -2.17. The van der Waals surface area contributed by atoms with Gasteiger partial charge in [0, 0.05) is 19.3 Å². The summed E-state index contributed by atoms with van der Waals surface area (Å²) in [6.07, 6.45) is -0.993. The van der Waals surface area contributed by atoms with Gasteiger partial charge in [-0.25, -0.2) is 4.79 Å². The van der Waals surface area contributed by atoms with Crippen LogP contribution >= 0.6 is 0 Å². The summed E-state index contributed by atoms with van der Waals surface area (Å²) in [6.45, 7) is 0.884. The molecule has 9 heteroatoms. The first-order valence-corrected chi connectivity index (χ1v) is 7.67. The molecule has 2 aliphatic rings. The van der Waals surface area contributed by atoms with Gasteiger partial charge in [0.2, 0.25) is 0 Å². The largest absolute Gasteiger partial charge is 0.394 e. The fourth-order valence-electron chi connectivity index (χ4n) is 2.84. The predicted octanol–water partition coefficient (Wildman–Crippen LogP) is -1.55. The first kappa shape index (κ1) is 16.3. The third-order valence-corrected chi connectivity index (χ3v) is 4.16. The smallest absolute Gasteiger partial charge is 0.351 e. The molecule has 0 saturated carbocycles. The third-order valence-electron chi connectivity index (χ3n) is 4.16. The van der Waals surface area contributed by atoms with Gasteiger partial charge in [-0.15, -0.1) is 0 Å². The molecule has 0 aliphatic carbocycles. The van der Waals surface area contributed by atoms with Crippen molar-refractivity contribution in [2.45, 2.75) is 43.5 Å². The molecule has 0 aromatic carbocycles. The van der Waals surface area contributed by atoms with Crippen LogP contribution in [0.3, 0.4) is 0 Å². The van der Waals surface area contributed by atoms with Crippen molar-refractivity contribution < 1.29 is 24.8 Å². The number of nitrogens with one attached hydrogen (secondary N) is 1. The maximum absolute atomic E-state index is 12.1. The van der Waals surface area contributed by atoms with E-state index in [1.54, 1.807) is 6.07 Å². The minimum atomic E-state index is -1.31. The average Bonchev–Trinajstić information content (AvgIpc) is 3.16. The van der Waals surface area contributed by atoms with E-state index in [2.05, 4.69) is 10.3 Å². The number of anilines is 1. The Kier molecular flexibility index (Phi) is 4.93.